The molecule has 1 aliphatic heterocycles. The molecule has 0 spiro atoms. The molecule has 3 rings (SSSR count). The van der Waals surface area contributed by atoms with Crippen molar-refractivity contribution in [2.75, 3.05) is 6.54 Å². The summed E-state index contributed by atoms with van der Waals surface area (Å²) in [6, 6.07) is 10.0. The lowest BCUT2D eigenvalue weighted by molar-refractivity contribution is -0.146. The summed E-state index contributed by atoms with van der Waals surface area (Å²) in [6.07, 6.45) is 3.45. The van der Waals surface area contributed by atoms with Gasteiger partial charge < -0.3 is 10.0 Å². The number of amides is 1. The van der Waals surface area contributed by atoms with Gasteiger partial charge in [0.05, 0.1) is 11.5 Å². The third-order valence-electron chi connectivity index (χ3n) is 4.38. The fraction of sp³-hybridized carbons (Fsp3) is 0.533. The number of benzene rings is 1. The van der Waals surface area contributed by atoms with E-state index in [1.165, 1.54) is 0 Å². The number of carbonyl (C=O) groups is 1. The molecule has 0 radical (unpaired) electrons. The highest BCUT2D eigenvalue weighted by atomic mass is 16.3. The van der Waals surface area contributed by atoms with Crippen LogP contribution in [0.3, 0.4) is 0 Å². The fourth-order valence-electron chi connectivity index (χ4n) is 3.09. The van der Waals surface area contributed by atoms with Crippen LogP contribution in [0.4, 0.5) is 0 Å². The lowest BCUT2D eigenvalue weighted by Crippen LogP contribution is -2.47. The van der Waals surface area contributed by atoms with Gasteiger partial charge in [-0.3, -0.25) is 4.79 Å². The molecule has 0 bridgehead atoms. The Balaban J connectivity index is 1.68. The van der Waals surface area contributed by atoms with E-state index < -0.39 is 5.60 Å². The number of likely N-dealkylation sites (tertiary alicyclic amines) is 1. The molecule has 18 heavy (non-hydrogen) atoms. The van der Waals surface area contributed by atoms with Gasteiger partial charge in [0.15, 0.2) is 0 Å². The Morgan fingerprint density at radius 2 is 2.00 bits per heavy atom. The maximum Gasteiger partial charge on any atom is 0.228 e. The monoisotopic (exact) mass is 245 g/mol. The summed E-state index contributed by atoms with van der Waals surface area (Å²) in [7, 11) is 0. The molecule has 2 aliphatic rings. The van der Waals surface area contributed by atoms with E-state index in [-0.39, 0.29) is 11.8 Å². The first kappa shape index (κ1) is 11.7. The zero-order chi connectivity index (χ0) is 12.6. The summed E-state index contributed by atoms with van der Waals surface area (Å²) >= 11 is 0. The highest BCUT2D eigenvalue weighted by Crippen LogP contribution is 2.43. The molecule has 1 amide bonds. The summed E-state index contributed by atoms with van der Waals surface area (Å²) in [6.45, 7) is 1.45. The lowest BCUT2D eigenvalue weighted by Gasteiger charge is -2.40. The van der Waals surface area contributed by atoms with Crippen molar-refractivity contribution in [2.24, 2.45) is 5.92 Å². The number of rotatable bonds is 3. The summed E-state index contributed by atoms with van der Waals surface area (Å²) < 4.78 is 0. The Morgan fingerprint density at radius 3 is 2.61 bits per heavy atom. The van der Waals surface area contributed by atoms with Crippen molar-refractivity contribution < 1.29 is 9.90 Å². The third kappa shape index (κ3) is 1.93. The molecule has 1 heterocycles. The Bertz CT molecular complexity index is 439. The first-order valence-corrected chi connectivity index (χ1v) is 6.74. The predicted octanol–water partition coefficient (Wildman–Crippen LogP) is 1.95. The van der Waals surface area contributed by atoms with E-state index in [1.54, 1.807) is 0 Å². The standard InChI is InChI=1S/C15H19NO2/c17-14-13(15(18)8-4-9-15)7-10-16(14)11-12-5-2-1-3-6-12/h1-3,5-6,13,18H,4,7-11H2. The van der Waals surface area contributed by atoms with Crippen molar-refractivity contribution in [1.82, 2.24) is 4.90 Å². The average molecular weight is 245 g/mol. The number of hydrogen-bond acceptors (Lipinski definition) is 2. The van der Waals surface area contributed by atoms with Gasteiger partial charge >= 0.3 is 0 Å². The zero-order valence-corrected chi connectivity index (χ0v) is 10.5. The van der Waals surface area contributed by atoms with Gasteiger partial charge in [-0.05, 0) is 31.2 Å². The van der Waals surface area contributed by atoms with E-state index in [2.05, 4.69) is 0 Å². The molecule has 3 nitrogen and oxygen atoms in total. The molecule has 1 saturated heterocycles. The van der Waals surface area contributed by atoms with Gasteiger partial charge in [-0.2, -0.15) is 0 Å². The van der Waals surface area contributed by atoms with Gasteiger partial charge in [0.1, 0.15) is 0 Å². The molecule has 1 N–H and O–H groups in total. The van der Waals surface area contributed by atoms with Gasteiger partial charge in [-0.25, -0.2) is 0 Å². The Labute approximate surface area is 107 Å². The summed E-state index contributed by atoms with van der Waals surface area (Å²) in [4.78, 5) is 14.2. The average Bonchev–Trinajstić information content (AvgIpc) is 2.70. The topological polar surface area (TPSA) is 40.5 Å². The van der Waals surface area contributed by atoms with Gasteiger partial charge in [-0.1, -0.05) is 30.3 Å². The highest BCUT2D eigenvalue weighted by Gasteiger charge is 2.49. The molecule has 1 atom stereocenters. The van der Waals surface area contributed by atoms with Gasteiger partial charge in [-0.15, -0.1) is 0 Å². The van der Waals surface area contributed by atoms with E-state index >= 15 is 0 Å². The first-order valence-electron chi connectivity index (χ1n) is 6.74. The summed E-state index contributed by atoms with van der Waals surface area (Å²) in [5, 5.41) is 10.3. The van der Waals surface area contributed by atoms with Crippen LogP contribution in [0.2, 0.25) is 0 Å². The molecule has 3 heteroatoms. The minimum absolute atomic E-state index is 0.140. The van der Waals surface area contributed by atoms with Crippen molar-refractivity contribution in [2.45, 2.75) is 37.8 Å². The second-order valence-corrected chi connectivity index (χ2v) is 5.54. The SMILES string of the molecule is O=C1C(C2(O)CCC2)CCN1Cc1ccccc1. The maximum atomic E-state index is 12.3. The van der Waals surface area contributed by atoms with Crippen LogP contribution in [0.5, 0.6) is 0 Å². The van der Waals surface area contributed by atoms with Crippen LogP contribution < -0.4 is 0 Å². The second kappa shape index (κ2) is 4.39. The molecule has 1 aliphatic carbocycles. The van der Waals surface area contributed by atoms with Crippen LogP contribution in [0, 0.1) is 5.92 Å². The molecular formula is C15H19NO2. The van der Waals surface area contributed by atoms with Crippen molar-refractivity contribution in [3.63, 3.8) is 0 Å². The molecule has 1 unspecified atom stereocenters. The smallest absolute Gasteiger partial charge is 0.228 e. The zero-order valence-electron chi connectivity index (χ0n) is 10.5. The predicted molar refractivity (Wildman–Crippen MR) is 68.8 cm³/mol. The van der Waals surface area contributed by atoms with Crippen LogP contribution >= 0.6 is 0 Å². The van der Waals surface area contributed by atoms with Crippen LogP contribution in [0.1, 0.15) is 31.2 Å². The lowest BCUT2D eigenvalue weighted by atomic mass is 9.70. The Morgan fingerprint density at radius 1 is 1.28 bits per heavy atom. The van der Waals surface area contributed by atoms with Crippen LogP contribution in [-0.2, 0) is 11.3 Å². The number of carbonyl (C=O) groups excluding carboxylic acids is 1. The van der Waals surface area contributed by atoms with Crippen LogP contribution in [0.15, 0.2) is 30.3 Å². The minimum Gasteiger partial charge on any atom is -0.389 e. The first-order chi connectivity index (χ1) is 8.69. The van der Waals surface area contributed by atoms with E-state index in [0.29, 0.717) is 6.54 Å². The van der Waals surface area contributed by atoms with E-state index in [4.69, 9.17) is 0 Å². The maximum absolute atomic E-state index is 12.3. The van der Waals surface area contributed by atoms with E-state index in [9.17, 15) is 9.90 Å². The van der Waals surface area contributed by atoms with E-state index in [0.717, 1.165) is 37.8 Å². The van der Waals surface area contributed by atoms with Crippen molar-refractivity contribution in [3.8, 4) is 0 Å². The van der Waals surface area contributed by atoms with Gasteiger partial charge in [0.2, 0.25) is 5.91 Å². The second-order valence-electron chi connectivity index (χ2n) is 5.54. The van der Waals surface area contributed by atoms with Crippen LogP contribution in [0.25, 0.3) is 0 Å². The van der Waals surface area contributed by atoms with E-state index in [1.807, 2.05) is 35.2 Å². The Kier molecular flexibility index (Phi) is 2.86. The van der Waals surface area contributed by atoms with Gasteiger partial charge in [0.25, 0.3) is 0 Å². The molecule has 1 saturated carbocycles. The van der Waals surface area contributed by atoms with Gasteiger partial charge in [0, 0.05) is 13.1 Å². The largest absolute Gasteiger partial charge is 0.389 e. The minimum atomic E-state index is -0.692. The summed E-state index contributed by atoms with van der Waals surface area (Å²) in [5.74, 6) is -0.0176. The van der Waals surface area contributed by atoms with Crippen LogP contribution in [-0.4, -0.2) is 28.1 Å². The highest BCUT2D eigenvalue weighted by molar-refractivity contribution is 5.82. The molecule has 1 aromatic rings. The Hall–Kier alpha value is -1.35. The third-order valence-corrected chi connectivity index (χ3v) is 4.38. The number of nitrogens with zero attached hydrogens (tertiary/aromatic N) is 1. The molecule has 96 valence electrons. The fourth-order valence-corrected chi connectivity index (χ4v) is 3.09. The molecule has 1 aromatic carbocycles. The number of aliphatic hydroxyl groups is 1. The van der Waals surface area contributed by atoms with Crippen molar-refractivity contribution >= 4 is 5.91 Å². The van der Waals surface area contributed by atoms with Crippen molar-refractivity contribution in [3.05, 3.63) is 35.9 Å². The normalized spacial score (nSPS) is 26.2. The van der Waals surface area contributed by atoms with Crippen molar-refractivity contribution in [1.29, 1.82) is 0 Å². The number of hydrogen-bond donors (Lipinski definition) is 1. The molecule has 2 fully saturated rings. The quantitative estimate of drug-likeness (QED) is 0.884. The molecule has 0 aromatic heterocycles. The summed E-state index contributed by atoms with van der Waals surface area (Å²) in [5.41, 5.74) is 0.467. The molecular weight excluding hydrogens is 226 g/mol.